The number of amides is 1. The molecule has 4 heterocycles. The second-order valence-electron chi connectivity index (χ2n) is 7.96. The van der Waals surface area contributed by atoms with Crippen molar-refractivity contribution in [3.8, 4) is 5.95 Å². The minimum absolute atomic E-state index is 0.0454. The number of nitrogens with zero attached hydrogens (tertiary/aromatic N) is 7. The van der Waals surface area contributed by atoms with Crippen molar-refractivity contribution >= 4 is 22.9 Å². The number of anilines is 1. The first-order valence-electron chi connectivity index (χ1n) is 10.3. The molecule has 0 bridgehead atoms. The average molecular weight is 445 g/mol. The second-order valence-corrected chi connectivity index (χ2v) is 7.96. The highest BCUT2D eigenvalue weighted by molar-refractivity contribution is 5.90. The Kier molecular flexibility index (Phi) is 5.21. The SMILES string of the molecule is NC(=O)c1cn(-c2nc(NC3CCCC3)c3ncn(C4O[C@H](CO)[C@@H](O)[C@@H]4O)c3n2)nn1. The van der Waals surface area contributed by atoms with Crippen LogP contribution in [0.2, 0.25) is 0 Å². The number of hydrogen-bond acceptors (Lipinski definition) is 11. The zero-order chi connectivity index (χ0) is 22.4. The van der Waals surface area contributed by atoms with Crippen LogP contribution < -0.4 is 11.1 Å². The van der Waals surface area contributed by atoms with E-state index in [0.29, 0.717) is 17.0 Å². The number of imidazole rings is 1. The van der Waals surface area contributed by atoms with Crippen molar-refractivity contribution in [1.29, 1.82) is 0 Å². The van der Waals surface area contributed by atoms with Crippen LogP contribution in [-0.2, 0) is 4.74 Å². The van der Waals surface area contributed by atoms with Gasteiger partial charge in [-0.05, 0) is 12.8 Å². The van der Waals surface area contributed by atoms with Gasteiger partial charge in [0.25, 0.3) is 11.9 Å². The number of hydrogen-bond donors (Lipinski definition) is 5. The summed E-state index contributed by atoms with van der Waals surface area (Å²) in [6.07, 6.45) is 2.41. The minimum Gasteiger partial charge on any atom is -0.394 e. The summed E-state index contributed by atoms with van der Waals surface area (Å²) in [5.74, 6) is -0.178. The fourth-order valence-electron chi connectivity index (χ4n) is 4.14. The van der Waals surface area contributed by atoms with E-state index in [4.69, 9.17) is 10.5 Å². The first-order chi connectivity index (χ1) is 15.5. The first-order valence-corrected chi connectivity index (χ1v) is 10.3. The van der Waals surface area contributed by atoms with Crippen LogP contribution in [0.15, 0.2) is 12.5 Å². The number of carbonyl (C=O) groups excluding carboxylic acids is 1. The number of primary amides is 1. The topological polar surface area (TPSA) is 199 Å². The molecular weight excluding hydrogens is 422 g/mol. The van der Waals surface area contributed by atoms with E-state index in [1.165, 1.54) is 21.8 Å². The van der Waals surface area contributed by atoms with Crippen molar-refractivity contribution in [3.63, 3.8) is 0 Å². The predicted octanol–water partition coefficient (Wildman–Crippen LogP) is -1.53. The lowest BCUT2D eigenvalue weighted by molar-refractivity contribution is -0.0511. The Labute approximate surface area is 181 Å². The Morgan fingerprint density at radius 2 is 2.03 bits per heavy atom. The molecule has 3 aromatic heterocycles. The first kappa shape index (κ1) is 20.7. The van der Waals surface area contributed by atoms with Gasteiger partial charge >= 0.3 is 0 Å². The molecule has 1 aliphatic heterocycles. The predicted molar refractivity (Wildman–Crippen MR) is 108 cm³/mol. The number of aliphatic hydroxyl groups excluding tert-OH is 3. The van der Waals surface area contributed by atoms with Crippen LogP contribution in [0.3, 0.4) is 0 Å². The van der Waals surface area contributed by atoms with Crippen molar-refractivity contribution in [2.24, 2.45) is 5.73 Å². The summed E-state index contributed by atoms with van der Waals surface area (Å²) in [5.41, 5.74) is 5.97. The van der Waals surface area contributed by atoms with Crippen LogP contribution in [0.4, 0.5) is 5.82 Å². The van der Waals surface area contributed by atoms with E-state index in [1.807, 2.05) is 0 Å². The smallest absolute Gasteiger partial charge is 0.270 e. The van der Waals surface area contributed by atoms with Crippen LogP contribution in [-0.4, -0.2) is 86.7 Å². The van der Waals surface area contributed by atoms with Gasteiger partial charge in [-0.25, -0.2) is 4.98 Å². The lowest BCUT2D eigenvalue weighted by Crippen LogP contribution is -2.33. The number of aromatic nitrogens is 7. The third-order valence-electron chi connectivity index (χ3n) is 5.85. The maximum absolute atomic E-state index is 11.4. The molecule has 6 N–H and O–H groups in total. The number of rotatable bonds is 6. The lowest BCUT2D eigenvalue weighted by Gasteiger charge is -2.17. The summed E-state index contributed by atoms with van der Waals surface area (Å²) in [6, 6.07) is 0.219. The van der Waals surface area contributed by atoms with Gasteiger partial charge in [-0.3, -0.25) is 9.36 Å². The number of nitrogens with one attached hydrogen (secondary N) is 1. The summed E-state index contributed by atoms with van der Waals surface area (Å²) in [7, 11) is 0. The minimum atomic E-state index is -1.30. The Hall–Kier alpha value is -3.20. The van der Waals surface area contributed by atoms with Gasteiger partial charge in [0.05, 0.1) is 19.1 Å². The molecule has 1 saturated carbocycles. The van der Waals surface area contributed by atoms with Gasteiger partial charge in [-0.15, -0.1) is 5.10 Å². The molecule has 4 atom stereocenters. The molecule has 32 heavy (non-hydrogen) atoms. The molecule has 0 aromatic carbocycles. The number of aliphatic hydroxyl groups is 3. The second kappa shape index (κ2) is 8.05. The molecule has 2 fully saturated rings. The third-order valence-corrected chi connectivity index (χ3v) is 5.85. The molecule has 1 unspecified atom stereocenters. The zero-order valence-electron chi connectivity index (χ0n) is 16.9. The van der Waals surface area contributed by atoms with Crippen LogP contribution in [0.1, 0.15) is 42.4 Å². The average Bonchev–Trinajstić information content (AvgIpc) is 3.56. The molecule has 3 aromatic rings. The van der Waals surface area contributed by atoms with Crippen LogP contribution in [0.5, 0.6) is 0 Å². The molecule has 0 spiro atoms. The van der Waals surface area contributed by atoms with Gasteiger partial charge in [-0.2, -0.15) is 14.6 Å². The zero-order valence-corrected chi connectivity index (χ0v) is 16.9. The van der Waals surface area contributed by atoms with Crippen molar-refractivity contribution in [1.82, 2.24) is 34.5 Å². The normalized spacial score (nSPS) is 26.2. The molecule has 170 valence electrons. The standard InChI is InChI=1S/C18H23N9O5/c19-14(31)9-5-27(25-24-9)18-22-15(21-8-3-1-2-4-8)11-16(23-18)26(7-20-11)17-13(30)12(29)10(6-28)32-17/h5,7-8,10,12-13,17,28-30H,1-4,6H2,(H2,19,31)(H,21,22,23)/t10-,12-,13+,17?/m1/s1. The monoisotopic (exact) mass is 445 g/mol. The molecular formula is C18H23N9O5. The number of carbonyl (C=O) groups is 1. The number of ether oxygens (including phenoxy) is 1. The molecule has 14 nitrogen and oxygen atoms in total. The van der Waals surface area contributed by atoms with Gasteiger partial charge in [0.15, 0.2) is 28.9 Å². The van der Waals surface area contributed by atoms with Gasteiger partial charge in [0.2, 0.25) is 0 Å². The highest BCUT2D eigenvalue weighted by atomic mass is 16.6. The Balaban J connectivity index is 1.61. The van der Waals surface area contributed by atoms with Gasteiger partial charge in [0.1, 0.15) is 18.3 Å². The van der Waals surface area contributed by atoms with Gasteiger partial charge in [-0.1, -0.05) is 18.1 Å². The van der Waals surface area contributed by atoms with E-state index in [9.17, 15) is 20.1 Å². The van der Waals surface area contributed by atoms with Crippen molar-refractivity contribution in [3.05, 3.63) is 18.2 Å². The summed E-state index contributed by atoms with van der Waals surface area (Å²) in [4.78, 5) is 24.8. The molecule has 0 radical (unpaired) electrons. The van der Waals surface area contributed by atoms with Gasteiger partial charge < -0.3 is 31.1 Å². The molecule has 5 rings (SSSR count). The van der Waals surface area contributed by atoms with Crippen molar-refractivity contribution in [2.75, 3.05) is 11.9 Å². The molecule has 1 aliphatic carbocycles. The molecule has 1 amide bonds. The van der Waals surface area contributed by atoms with E-state index in [-0.39, 0.29) is 17.7 Å². The summed E-state index contributed by atoms with van der Waals surface area (Å²) < 4.78 is 8.32. The Bertz CT molecular complexity index is 1140. The molecule has 1 saturated heterocycles. The summed E-state index contributed by atoms with van der Waals surface area (Å²) in [5, 5.41) is 41.0. The largest absolute Gasteiger partial charge is 0.394 e. The fraction of sp³-hybridized carbons (Fsp3) is 0.556. The van der Waals surface area contributed by atoms with Crippen molar-refractivity contribution < 1.29 is 24.9 Å². The van der Waals surface area contributed by atoms with E-state index < -0.39 is 37.1 Å². The lowest BCUT2D eigenvalue weighted by atomic mass is 10.1. The van der Waals surface area contributed by atoms with E-state index in [1.54, 1.807) is 0 Å². The number of fused-ring (bicyclic) bond motifs is 1. The van der Waals surface area contributed by atoms with Crippen LogP contribution in [0, 0.1) is 0 Å². The maximum atomic E-state index is 11.4. The highest BCUT2D eigenvalue weighted by Gasteiger charge is 2.44. The summed E-state index contributed by atoms with van der Waals surface area (Å²) in [6.45, 7) is -0.453. The fourth-order valence-corrected chi connectivity index (χ4v) is 4.14. The van der Waals surface area contributed by atoms with Crippen molar-refractivity contribution in [2.45, 2.75) is 56.3 Å². The van der Waals surface area contributed by atoms with Crippen LogP contribution in [0.25, 0.3) is 17.1 Å². The molecule has 14 heteroatoms. The number of nitrogens with two attached hydrogens (primary N) is 1. The Morgan fingerprint density at radius 3 is 2.69 bits per heavy atom. The highest BCUT2D eigenvalue weighted by Crippen LogP contribution is 2.33. The van der Waals surface area contributed by atoms with E-state index in [0.717, 1.165) is 25.7 Å². The van der Waals surface area contributed by atoms with E-state index >= 15 is 0 Å². The Morgan fingerprint density at radius 1 is 1.25 bits per heavy atom. The van der Waals surface area contributed by atoms with Gasteiger partial charge in [0, 0.05) is 6.04 Å². The quantitative estimate of drug-likeness (QED) is 0.295. The maximum Gasteiger partial charge on any atom is 0.270 e. The van der Waals surface area contributed by atoms with Crippen LogP contribution >= 0.6 is 0 Å². The molecule has 2 aliphatic rings. The third kappa shape index (κ3) is 3.46. The summed E-state index contributed by atoms with van der Waals surface area (Å²) >= 11 is 0. The van der Waals surface area contributed by atoms with E-state index in [2.05, 4.69) is 30.6 Å².